The molecular weight excluding hydrogens is 180 g/mol. The van der Waals surface area contributed by atoms with Gasteiger partial charge in [-0.1, -0.05) is 23.5 Å². The number of hydrogen-bond donors (Lipinski definition) is 1. The van der Waals surface area contributed by atoms with E-state index in [1.54, 1.807) is 11.3 Å². The summed E-state index contributed by atoms with van der Waals surface area (Å²) in [4.78, 5) is 4.47. The van der Waals surface area contributed by atoms with Crippen molar-refractivity contribution in [1.29, 1.82) is 0 Å². The number of aromatic nitrogens is 1. The summed E-state index contributed by atoms with van der Waals surface area (Å²) < 4.78 is 1.29. The highest BCUT2D eigenvalue weighted by atomic mass is 32.1. The molecule has 1 aromatic heterocycles. The molecule has 2 rings (SSSR count). The van der Waals surface area contributed by atoms with E-state index in [0.717, 1.165) is 17.2 Å². The maximum Gasteiger partial charge on any atom is 0.183 e. The molecule has 0 amide bonds. The van der Waals surface area contributed by atoms with Crippen LogP contribution in [-0.4, -0.2) is 11.5 Å². The quantitative estimate of drug-likeness (QED) is 0.791. The van der Waals surface area contributed by atoms with Gasteiger partial charge in [0.15, 0.2) is 5.13 Å². The summed E-state index contributed by atoms with van der Waals surface area (Å²) in [5.74, 6) is 0. The van der Waals surface area contributed by atoms with E-state index in [4.69, 9.17) is 0 Å². The monoisotopic (exact) mass is 192 g/mol. The van der Waals surface area contributed by atoms with Crippen molar-refractivity contribution in [3.05, 3.63) is 23.8 Å². The third kappa shape index (κ3) is 1.52. The lowest BCUT2D eigenvalue weighted by molar-refractivity contribution is 1.20. The van der Waals surface area contributed by atoms with Gasteiger partial charge in [0.2, 0.25) is 0 Å². The molecule has 68 valence electrons. The fourth-order valence-corrected chi connectivity index (χ4v) is 2.31. The lowest BCUT2D eigenvalue weighted by Crippen LogP contribution is -1.94. The first-order valence-electron chi connectivity index (χ1n) is 4.41. The Morgan fingerprint density at radius 3 is 3.00 bits per heavy atom. The Morgan fingerprint density at radius 1 is 1.46 bits per heavy atom. The predicted octanol–water partition coefficient (Wildman–Crippen LogP) is 3.04. The van der Waals surface area contributed by atoms with Gasteiger partial charge >= 0.3 is 0 Å². The molecule has 0 spiro atoms. The normalized spacial score (nSPS) is 10.6. The molecule has 1 aromatic carbocycles. The zero-order valence-electron chi connectivity index (χ0n) is 7.79. The SMILES string of the molecule is CCNc1nc2cccc(C)c2s1. The maximum absolute atomic E-state index is 4.47. The molecule has 0 bridgehead atoms. The standard InChI is InChI=1S/C10H12N2S/c1-3-11-10-12-8-6-4-5-7(2)9(8)13-10/h4-6H,3H2,1-2H3,(H,11,12). The number of nitrogens with zero attached hydrogens (tertiary/aromatic N) is 1. The highest BCUT2D eigenvalue weighted by Crippen LogP contribution is 2.28. The molecule has 2 aromatic rings. The first-order valence-corrected chi connectivity index (χ1v) is 5.23. The lowest BCUT2D eigenvalue weighted by atomic mass is 10.2. The number of benzene rings is 1. The molecule has 0 fully saturated rings. The van der Waals surface area contributed by atoms with Crippen LogP contribution in [0.15, 0.2) is 18.2 Å². The van der Waals surface area contributed by atoms with E-state index in [9.17, 15) is 0 Å². The van der Waals surface area contributed by atoms with Gasteiger partial charge in [-0.25, -0.2) is 4.98 Å². The minimum absolute atomic E-state index is 0.929. The summed E-state index contributed by atoms with van der Waals surface area (Å²) in [6.45, 7) is 5.13. The fraction of sp³-hybridized carbons (Fsp3) is 0.300. The van der Waals surface area contributed by atoms with Crippen LogP contribution in [0.1, 0.15) is 12.5 Å². The summed E-state index contributed by atoms with van der Waals surface area (Å²) in [6, 6.07) is 6.23. The molecule has 0 saturated heterocycles. The molecule has 0 saturated carbocycles. The highest BCUT2D eigenvalue weighted by Gasteiger charge is 2.03. The van der Waals surface area contributed by atoms with E-state index < -0.39 is 0 Å². The zero-order valence-corrected chi connectivity index (χ0v) is 8.61. The van der Waals surface area contributed by atoms with Gasteiger partial charge in [-0.3, -0.25) is 0 Å². The molecule has 0 radical (unpaired) electrons. The average Bonchev–Trinajstić information content (AvgIpc) is 2.49. The third-order valence-corrected chi connectivity index (χ3v) is 3.10. The molecule has 2 nitrogen and oxygen atoms in total. The summed E-state index contributed by atoms with van der Waals surface area (Å²) in [5, 5.41) is 4.25. The second-order valence-electron chi connectivity index (χ2n) is 2.97. The largest absolute Gasteiger partial charge is 0.362 e. The molecule has 3 heteroatoms. The van der Waals surface area contributed by atoms with Crippen LogP contribution in [-0.2, 0) is 0 Å². The van der Waals surface area contributed by atoms with Crippen molar-refractivity contribution < 1.29 is 0 Å². The summed E-state index contributed by atoms with van der Waals surface area (Å²) in [5.41, 5.74) is 2.40. The molecule has 13 heavy (non-hydrogen) atoms. The topological polar surface area (TPSA) is 24.9 Å². The van der Waals surface area contributed by atoms with Gasteiger partial charge in [0.25, 0.3) is 0 Å². The fourth-order valence-electron chi connectivity index (χ4n) is 1.31. The number of fused-ring (bicyclic) bond motifs is 1. The van der Waals surface area contributed by atoms with Gasteiger partial charge in [-0.15, -0.1) is 0 Å². The molecule has 0 aliphatic rings. The molecule has 0 aliphatic carbocycles. The van der Waals surface area contributed by atoms with Crippen LogP contribution in [0.4, 0.5) is 5.13 Å². The maximum atomic E-state index is 4.47. The number of anilines is 1. The van der Waals surface area contributed by atoms with E-state index in [0.29, 0.717) is 0 Å². The van der Waals surface area contributed by atoms with Crippen molar-refractivity contribution in [2.75, 3.05) is 11.9 Å². The number of thiazole rings is 1. The summed E-state index contributed by atoms with van der Waals surface area (Å²) >= 11 is 1.73. The second-order valence-corrected chi connectivity index (χ2v) is 3.97. The minimum Gasteiger partial charge on any atom is -0.362 e. The summed E-state index contributed by atoms with van der Waals surface area (Å²) in [6.07, 6.45) is 0. The molecular formula is C10H12N2S. The van der Waals surface area contributed by atoms with Crippen LogP contribution >= 0.6 is 11.3 Å². The van der Waals surface area contributed by atoms with Crippen LogP contribution in [0.2, 0.25) is 0 Å². The van der Waals surface area contributed by atoms with Crippen molar-refractivity contribution in [3.8, 4) is 0 Å². The Labute approximate surface area is 81.6 Å². The van der Waals surface area contributed by atoms with E-state index in [-0.39, 0.29) is 0 Å². The van der Waals surface area contributed by atoms with Crippen molar-refractivity contribution in [2.24, 2.45) is 0 Å². The Bertz CT molecular complexity index is 420. The Balaban J connectivity index is 2.55. The lowest BCUT2D eigenvalue weighted by Gasteiger charge is -1.92. The van der Waals surface area contributed by atoms with E-state index >= 15 is 0 Å². The predicted molar refractivity (Wildman–Crippen MR) is 58.5 cm³/mol. The van der Waals surface area contributed by atoms with Gasteiger partial charge in [0.1, 0.15) is 0 Å². The smallest absolute Gasteiger partial charge is 0.183 e. The van der Waals surface area contributed by atoms with Crippen molar-refractivity contribution in [2.45, 2.75) is 13.8 Å². The Hall–Kier alpha value is -1.09. The first-order chi connectivity index (χ1) is 6.31. The minimum atomic E-state index is 0.929. The Morgan fingerprint density at radius 2 is 2.31 bits per heavy atom. The van der Waals surface area contributed by atoms with E-state index in [1.807, 2.05) is 6.07 Å². The molecule has 1 heterocycles. The molecule has 0 atom stereocenters. The number of nitrogens with one attached hydrogen (secondary N) is 1. The van der Waals surface area contributed by atoms with Crippen molar-refractivity contribution >= 4 is 26.7 Å². The van der Waals surface area contributed by atoms with Gasteiger partial charge < -0.3 is 5.32 Å². The van der Waals surface area contributed by atoms with Gasteiger partial charge in [0, 0.05) is 6.54 Å². The first kappa shape index (κ1) is 8.51. The molecule has 0 unspecified atom stereocenters. The van der Waals surface area contributed by atoms with Crippen LogP contribution < -0.4 is 5.32 Å². The average molecular weight is 192 g/mol. The van der Waals surface area contributed by atoms with Crippen LogP contribution in [0.5, 0.6) is 0 Å². The van der Waals surface area contributed by atoms with Crippen LogP contribution in [0.25, 0.3) is 10.2 Å². The number of hydrogen-bond acceptors (Lipinski definition) is 3. The van der Waals surface area contributed by atoms with E-state index in [1.165, 1.54) is 10.3 Å². The summed E-state index contributed by atoms with van der Waals surface area (Å²) in [7, 11) is 0. The van der Waals surface area contributed by atoms with Crippen LogP contribution in [0, 0.1) is 6.92 Å². The number of rotatable bonds is 2. The zero-order chi connectivity index (χ0) is 9.26. The van der Waals surface area contributed by atoms with Crippen molar-refractivity contribution in [3.63, 3.8) is 0 Å². The third-order valence-electron chi connectivity index (χ3n) is 1.94. The van der Waals surface area contributed by atoms with Gasteiger partial charge in [-0.05, 0) is 25.5 Å². The molecule has 1 N–H and O–H groups in total. The van der Waals surface area contributed by atoms with Crippen LogP contribution in [0.3, 0.4) is 0 Å². The highest BCUT2D eigenvalue weighted by molar-refractivity contribution is 7.22. The van der Waals surface area contributed by atoms with Gasteiger partial charge in [0.05, 0.1) is 10.2 Å². The van der Waals surface area contributed by atoms with E-state index in [2.05, 4.69) is 36.3 Å². The molecule has 0 aliphatic heterocycles. The van der Waals surface area contributed by atoms with Crippen molar-refractivity contribution in [1.82, 2.24) is 4.98 Å². The number of aryl methyl sites for hydroxylation is 1. The second kappa shape index (κ2) is 3.34. The Kier molecular flexibility index (Phi) is 2.19. The van der Waals surface area contributed by atoms with Gasteiger partial charge in [-0.2, -0.15) is 0 Å².